The van der Waals surface area contributed by atoms with Crippen molar-refractivity contribution in [1.29, 1.82) is 5.26 Å². The SMILES string of the molecule is N#Cc1ccc(NC(=O)c2ccc(Cl)c(F)c2)c(Cl)c1. The fourth-order valence-corrected chi connectivity index (χ4v) is 1.86. The lowest BCUT2D eigenvalue weighted by molar-refractivity contribution is 0.102. The molecule has 0 atom stereocenters. The molecule has 0 fully saturated rings. The number of nitrogens with one attached hydrogen (secondary N) is 1. The van der Waals surface area contributed by atoms with E-state index in [2.05, 4.69) is 5.32 Å². The van der Waals surface area contributed by atoms with Crippen molar-refractivity contribution in [2.24, 2.45) is 0 Å². The van der Waals surface area contributed by atoms with E-state index in [1.54, 1.807) is 0 Å². The predicted molar refractivity (Wildman–Crippen MR) is 75.5 cm³/mol. The Kier molecular flexibility index (Phi) is 4.23. The number of anilines is 1. The first kappa shape index (κ1) is 14.3. The molecule has 0 aromatic heterocycles. The zero-order valence-electron chi connectivity index (χ0n) is 9.95. The molecule has 2 rings (SSSR count). The van der Waals surface area contributed by atoms with Gasteiger partial charge in [0.15, 0.2) is 0 Å². The van der Waals surface area contributed by atoms with Crippen LogP contribution in [0.3, 0.4) is 0 Å². The molecule has 0 aliphatic rings. The van der Waals surface area contributed by atoms with Gasteiger partial charge in [0.1, 0.15) is 5.82 Å². The van der Waals surface area contributed by atoms with Gasteiger partial charge in [0.25, 0.3) is 5.91 Å². The highest BCUT2D eigenvalue weighted by Crippen LogP contribution is 2.24. The normalized spacial score (nSPS) is 9.90. The van der Waals surface area contributed by atoms with Gasteiger partial charge in [-0.3, -0.25) is 4.79 Å². The Balaban J connectivity index is 2.23. The summed E-state index contributed by atoms with van der Waals surface area (Å²) in [7, 11) is 0. The molecule has 2 aromatic rings. The van der Waals surface area contributed by atoms with Gasteiger partial charge in [-0.25, -0.2) is 4.39 Å². The minimum atomic E-state index is -0.676. The summed E-state index contributed by atoms with van der Waals surface area (Å²) in [5, 5.41) is 11.4. The van der Waals surface area contributed by atoms with E-state index in [1.807, 2.05) is 6.07 Å². The molecule has 0 saturated heterocycles. The molecule has 2 aromatic carbocycles. The van der Waals surface area contributed by atoms with E-state index >= 15 is 0 Å². The van der Waals surface area contributed by atoms with Gasteiger partial charge in [0.2, 0.25) is 0 Å². The Morgan fingerprint density at radius 2 is 1.90 bits per heavy atom. The third-order valence-corrected chi connectivity index (χ3v) is 3.15. The number of halogens is 3. The first-order valence-electron chi connectivity index (χ1n) is 5.47. The quantitative estimate of drug-likeness (QED) is 0.901. The van der Waals surface area contributed by atoms with Crippen LogP contribution in [-0.4, -0.2) is 5.91 Å². The number of carbonyl (C=O) groups excluding carboxylic acids is 1. The van der Waals surface area contributed by atoms with Crippen LogP contribution in [0.5, 0.6) is 0 Å². The Morgan fingerprint density at radius 3 is 2.50 bits per heavy atom. The number of amides is 1. The van der Waals surface area contributed by atoms with Crippen molar-refractivity contribution < 1.29 is 9.18 Å². The first-order chi connectivity index (χ1) is 9.51. The zero-order chi connectivity index (χ0) is 14.7. The smallest absolute Gasteiger partial charge is 0.255 e. The lowest BCUT2D eigenvalue weighted by atomic mass is 10.2. The van der Waals surface area contributed by atoms with Gasteiger partial charge in [-0.1, -0.05) is 23.2 Å². The molecule has 0 radical (unpaired) electrons. The molecule has 0 aliphatic carbocycles. The maximum atomic E-state index is 13.3. The summed E-state index contributed by atoms with van der Waals surface area (Å²) in [5.74, 6) is -1.20. The second kappa shape index (κ2) is 5.91. The number of hydrogen-bond donors (Lipinski definition) is 1. The van der Waals surface area contributed by atoms with Crippen LogP contribution in [0.25, 0.3) is 0 Å². The molecule has 1 amide bonds. The van der Waals surface area contributed by atoms with Gasteiger partial charge >= 0.3 is 0 Å². The van der Waals surface area contributed by atoms with E-state index in [0.717, 1.165) is 6.07 Å². The number of benzene rings is 2. The van der Waals surface area contributed by atoms with E-state index in [0.29, 0.717) is 11.3 Å². The van der Waals surface area contributed by atoms with Crippen molar-refractivity contribution >= 4 is 34.8 Å². The Morgan fingerprint density at radius 1 is 1.15 bits per heavy atom. The summed E-state index contributed by atoms with van der Waals surface area (Å²) in [4.78, 5) is 11.9. The van der Waals surface area contributed by atoms with Crippen LogP contribution in [-0.2, 0) is 0 Å². The van der Waals surface area contributed by atoms with E-state index in [4.69, 9.17) is 28.5 Å². The summed E-state index contributed by atoms with van der Waals surface area (Å²) >= 11 is 11.5. The van der Waals surface area contributed by atoms with Crippen LogP contribution < -0.4 is 5.32 Å². The fraction of sp³-hybridized carbons (Fsp3) is 0. The lowest BCUT2D eigenvalue weighted by Crippen LogP contribution is -2.12. The van der Waals surface area contributed by atoms with Crippen LogP contribution >= 0.6 is 23.2 Å². The molecule has 0 spiro atoms. The highest BCUT2D eigenvalue weighted by atomic mass is 35.5. The molecule has 100 valence electrons. The maximum Gasteiger partial charge on any atom is 0.255 e. The maximum absolute atomic E-state index is 13.3. The highest BCUT2D eigenvalue weighted by molar-refractivity contribution is 6.34. The summed E-state index contributed by atoms with van der Waals surface area (Å²) in [6, 6.07) is 10.1. The minimum Gasteiger partial charge on any atom is -0.321 e. The number of nitriles is 1. The van der Waals surface area contributed by atoms with E-state index in [9.17, 15) is 9.18 Å². The van der Waals surface area contributed by atoms with Gasteiger partial charge in [-0.05, 0) is 36.4 Å². The van der Waals surface area contributed by atoms with Gasteiger partial charge in [-0.2, -0.15) is 5.26 Å². The van der Waals surface area contributed by atoms with Crippen LogP contribution in [0.2, 0.25) is 10.0 Å². The lowest BCUT2D eigenvalue weighted by Gasteiger charge is -2.07. The molecular weight excluding hydrogens is 302 g/mol. The molecule has 0 unspecified atom stereocenters. The average molecular weight is 309 g/mol. The van der Waals surface area contributed by atoms with Crippen LogP contribution in [0.1, 0.15) is 15.9 Å². The van der Waals surface area contributed by atoms with Crippen molar-refractivity contribution in [2.45, 2.75) is 0 Å². The number of nitrogens with zero attached hydrogens (tertiary/aromatic N) is 1. The highest BCUT2D eigenvalue weighted by Gasteiger charge is 2.11. The van der Waals surface area contributed by atoms with Gasteiger partial charge < -0.3 is 5.32 Å². The number of rotatable bonds is 2. The van der Waals surface area contributed by atoms with Gasteiger partial charge in [-0.15, -0.1) is 0 Å². The summed E-state index contributed by atoms with van der Waals surface area (Å²) in [5.41, 5.74) is 0.837. The number of carbonyl (C=O) groups is 1. The summed E-state index contributed by atoms with van der Waals surface area (Å²) < 4.78 is 13.3. The first-order valence-corrected chi connectivity index (χ1v) is 6.23. The predicted octanol–water partition coefficient (Wildman–Crippen LogP) is 4.26. The third kappa shape index (κ3) is 3.08. The molecule has 20 heavy (non-hydrogen) atoms. The largest absolute Gasteiger partial charge is 0.321 e. The van der Waals surface area contributed by atoms with E-state index < -0.39 is 11.7 Å². The van der Waals surface area contributed by atoms with Crippen molar-refractivity contribution in [3.8, 4) is 6.07 Å². The standard InChI is InChI=1S/C14H7Cl2FN2O/c15-10-3-2-9(6-12(10)17)14(20)19-13-4-1-8(7-18)5-11(13)16/h1-6H,(H,19,20). The fourth-order valence-electron chi connectivity index (χ4n) is 1.52. The molecule has 1 N–H and O–H groups in total. The molecule has 0 aliphatic heterocycles. The average Bonchev–Trinajstić information content (AvgIpc) is 2.43. The van der Waals surface area contributed by atoms with Gasteiger partial charge in [0, 0.05) is 5.56 Å². The Hall–Kier alpha value is -2.09. The second-order valence-corrected chi connectivity index (χ2v) is 4.70. The van der Waals surface area contributed by atoms with Crippen molar-refractivity contribution in [3.05, 3.63) is 63.4 Å². The molecule has 0 saturated carbocycles. The molecule has 0 heterocycles. The molecular formula is C14H7Cl2FN2O. The van der Waals surface area contributed by atoms with Crippen molar-refractivity contribution in [1.82, 2.24) is 0 Å². The monoisotopic (exact) mass is 308 g/mol. The topological polar surface area (TPSA) is 52.9 Å². The summed E-state index contributed by atoms with van der Waals surface area (Å²) in [6.45, 7) is 0. The zero-order valence-corrected chi connectivity index (χ0v) is 11.5. The van der Waals surface area contributed by atoms with E-state index in [-0.39, 0.29) is 15.6 Å². The van der Waals surface area contributed by atoms with Gasteiger partial charge in [0.05, 0.1) is 27.4 Å². The third-order valence-electron chi connectivity index (χ3n) is 2.53. The van der Waals surface area contributed by atoms with Crippen molar-refractivity contribution in [2.75, 3.05) is 5.32 Å². The molecule has 3 nitrogen and oxygen atoms in total. The Bertz CT molecular complexity index is 726. The second-order valence-electron chi connectivity index (χ2n) is 3.89. The number of hydrogen-bond acceptors (Lipinski definition) is 2. The van der Waals surface area contributed by atoms with E-state index in [1.165, 1.54) is 30.3 Å². The van der Waals surface area contributed by atoms with Crippen molar-refractivity contribution in [3.63, 3.8) is 0 Å². The Labute approximate surface area is 124 Å². The van der Waals surface area contributed by atoms with Crippen LogP contribution in [0, 0.1) is 17.1 Å². The molecule has 6 heteroatoms. The molecule has 0 bridgehead atoms. The minimum absolute atomic E-state index is 0.0574. The van der Waals surface area contributed by atoms with Crippen LogP contribution in [0.4, 0.5) is 10.1 Å². The summed E-state index contributed by atoms with van der Waals surface area (Å²) in [6.07, 6.45) is 0. The van der Waals surface area contributed by atoms with Crippen LogP contribution in [0.15, 0.2) is 36.4 Å².